The molecule has 3 rings (SSSR count). The normalized spacial score (nSPS) is 10.1. The van der Waals surface area contributed by atoms with E-state index in [-0.39, 0.29) is 5.91 Å². The number of benzene rings is 2. The van der Waals surface area contributed by atoms with Crippen LogP contribution in [-0.2, 0) is 0 Å². The van der Waals surface area contributed by atoms with Gasteiger partial charge in [-0.25, -0.2) is 4.98 Å². The molecule has 1 heterocycles. The molecule has 0 bridgehead atoms. The molecule has 21 heavy (non-hydrogen) atoms. The van der Waals surface area contributed by atoms with Gasteiger partial charge in [-0.3, -0.25) is 4.79 Å². The Kier molecular flexibility index (Phi) is 3.64. The number of para-hydroxylation sites is 3. The van der Waals surface area contributed by atoms with Gasteiger partial charge in [-0.1, -0.05) is 30.3 Å². The number of carbonyl (C=O) groups excluding carboxylic acids is 1. The predicted octanol–water partition coefficient (Wildman–Crippen LogP) is 3.45. The lowest BCUT2D eigenvalue weighted by atomic mass is 10.2. The van der Waals surface area contributed by atoms with Crippen molar-refractivity contribution in [1.29, 1.82) is 0 Å². The molecule has 0 saturated carbocycles. The molecule has 0 aliphatic heterocycles. The van der Waals surface area contributed by atoms with E-state index in [0.717, 1.165) is 0 Å². The van der Waals surface area contributed by atoms with Crippen molar-refractivity contribution in [2.75, 3.05) is 5.32 Å². The van der Waals surface area contributed by atoms with E-state index < -0.39 is 0 Å². The molecule has 104 valence electrons. The van der Waals surface area contributed by atoms with E-state index in [1.165, 1.54) is 12.5 Å². The Morgan fingerprint density at radius 1 is 1.05 bits per heavy atom. The molecule has 1 aromatic heterocycles. The average Bonchev–Trinajstić information content (AvgIpc) is 3.05. The number of aromatic amines is 1. The number of rotatable bonds is 4. The van der Waals surface area contributed by atoms with Crippen LogP contribution in [0.1, 0.15) is 10.5 Å². The fraction of sp³-hybridized carbons (Fsp3) is 0. The lowest BCUT2D eigenvalue weighted by Crippen LogP contribution is -2.12. The topological polar surface area (TPSA) is 67.0 Å². The van der Waals surface area contributed by atoms with Gasteiger partial charge in [0.25, 0.3) is 5.91 Å². The molecule has 5 nitrogen and oxygen atoms in total. The van der Waals surface area contributed by atoms with Gasteiger partial charge in [-0.05, 0) is 24.3 Å². The van der Waals surface area contributed by atoms with Crippen molar-refractivity contribution >= 4 is 11.6 Å². The largest absolute Gasteiger partial charge is 0.455 e. The lowest BCUT2D eigenvalue weighted by Gasteiger charge is -2.11. The molecule has 0 radical (unpaired) electrons. The summed E-state index contributed by atoms with van der Waals surface area (Å²) in [6.07, 6.45) is 2.93. The van der Waals surface area contributed by atoms with Gasteiger partial charge >= 0.3 is 0 Å². The van der Waals surface area contributed by atoms with Crippen molar-refractivity contribution in [2.45, 2.75) is 0 Å². The number of imidazole rings is 1. The maximum atomic E-state index is 12.0. The third-order valence-corrected chi connectivity index (χ3v) is 2.85. The Balaban J connectivity index is 1.81. The van der Waals surface area contributed by atoms with Gasteiger partial charge in [0.15, 0.2) is 5.75 Å². The monoisotopic (exact) mass is 279 g/mol. The first-order valence-corrected chi connectivity index (χ1v) is 6.44. The fourth-order valence-corrected chi connectivity index (χ4v) is 1.84. The summed E-state index contributed by atoms with van der Waals surface area (Å²) in [6.45, 7) is 0. The molecule has 3 aromatic rings. The number of carbonyl (C=O) groups is 1. The van der Waals surface area contributed by atoms with E-state index in [4.69, 9.17) is 4.74 Å². The maximum Gasteiger partial charge on any atom is 0.273 e. The average molecular weight is 279 g/mol. The summed E-state index contributed by atoms with van der Waals surface area (Å²) in [4.78, 5) is 18.6. The molecule has 2 aromatic carbocycles. The van der Waals surface area contributed by atoms with Gasteiger partial charge in [0, 0.05) is 0 Å². The van der Waals surface area contributed by atoms with Gasteiger partial charge < -0.3 is 15.0 Å². The van der Waals surface area contributed by atoms with Crippen LogP contribution in [0.25, 0.3) is 0 Å². The van der Waals surface area contributed by atoms with Crippen LogP contribution in [-0.4, -0.2) is 15.9 Å². The lowest BCUT2D eigenvalue weighted by molar-refractivity contribution is 0.102. The van der Waals surface area contributed by atoms with Crippen molar-refractivity contribution in [3.05, 3.63) is 72.8 Å². The summed E-state index contributed by atoms with van der Waals surface area (Å²) < 4.78 is 5.79. The Bertz CT molecular complexity index is 724. The first-order chi connectivity index (χ1) is 10.3. The molecule has 0 unspecified atom stereocenters. The maximum absolute atomic E-state index is 12.0. The molecular weight excluding hydrogens is 266 g/mol. The Hall–Kier alpha value is -3.08. The number of anilines is 1. The highest BCUT2D eigenvalue weighted by Gasteiger charge is 2.11. The van der Waals surface area contributed by atoms with Crippen LogP contribution in [0.15, 0.2) is 67.1 Å². The minimum Gasteiger partial charge on any atom is -0.455 e. The molecular formula is C16H13N3O2. The molecule has 2 N–H and O–H groups in total. The minimum absolute atomic E-state index is 0.267. The highest BCUT2D eigenvalue weighted by atomic mass is 16.5. The highest BCUT2D eigenvalue weighted by molar-refractivity contribution is 6.03. The van der Waals surface area contributed by atoms with Gasteiger partial charge in [0.1, 0.15) is 11.4 Å². The van der Waals surface area contributed by atoms with Crippen LogP contribution < -0.4 is 10.1 Å². The van der Waals surface area contributed by atoms with Gasteiger partial charge in [-0.2, -0.15) is 0 Å². The quantitative estimate of drug-likeness (QED) is 0.768. The van der Waals surface area contributed by atoms with E-state index in [1.54, 1.807) is 12.1 Å². The Labute approximate surface area is 121 Å². The Morgan fingerprint density at radius 3 is 2.57 bits per heavy atom. The zero-order chi connectivity index (χ0) is 14.5. The van der Waals surface area contributed by atoms with Gasteiger partial charge in [0.05, 0.1) is 18.2 Å². The summed E-state index contributed by atoms with van der Waals surface area (Å²) in [5, 5.41) is 2.80. The number of hydrogen-bond donors (Lipinski definition) is 2. The molecule has 0 aliphatic carbocycles. The van der Waals surface area contributed by atoms with E-state index >= 15 is 0 Å². The molecule has 5 heteroatoms. The summed E-state index contributed by atoms with van der Waals surface area (Å²) in [5.41, 5.74) is 0.991. The van der Waals surface area contributed by atoms with Crippen LogP contribution in [0.3, 0.4) is 0 Å². The number of H-pyrrole nitrogens is 1. The molecule has 0 fully saturated rings. The fourth-order valence-electron chi connectivity index (χ4n) is 1.84. The predicted molar refractivity (Wildman–Crippen MR) is 79.5 cm³/mol. The number of nitrogens with zero attached hydrogens (tertiary/aromatic N) is 1. The summed E-state index contributed by atoms with van der Waals surface area (Å²) in [7, 11) is 0. The van der Waals surface area contributed by atoms with Gasteiger partial charge in [-0.15, -0.1) is 0 Å². The summed E-state index contributed by atoms with van der Waals surface area (Å²) in [6, 6.07) is 16.7. The highest BCUT2D eigenvalue weighted by Crippen LogP contribution is 2.29. The number of ether oxygens (including phenoxy) is 1. The second-order valence-electron chi connectivity index (χ2n) is 4.33. The summed E-state index contributed by atoms with van der Waals surface area (Å²) in [5.74, 6) is 1.02. The van der Waals surface area contributed by atoms with Crippen molar-refractivity contribution in [3.8, 4) is 11.5 Å². The first-order valence-electron chi connectivity index (χ1n) is 6.44. The molecule has 0 aliphatic rings. The number of amides is 1. The third-order valence-electron chi connectivity index (χ3n) is 2.85. The number of hydrogen-bond acceptors (Lipinski definition) is 3. The van der Waals surface area contributed by atoms with Crippen molar-refractivity contribution in [3.63, 3.8) is 0 Å². The van der Waals surface area contributed by atoms with E-state index in [9.17, 15) is 4.79 Å². The van der Waals surface area contributed by atoms with Gasteiger partial charge in [0.2, 0.25) is 0 Å². The second-order valence-corrected chi connectivity index (χ2v) is 4.33. The van der Waals surface area contributed by atoms with Crippen LogP contribution in [0.2, 0.25) is 0 Å². The van der Waals surface area contributed by atoms with E-state index in [1.807, 2.05) is 42.5 Å². The van der Waals surface area contributed by atoms with Crippen LogP contribution in [0.4, 0.5) is 5.69 Å². The second kappa shape index (κ2) is 5.92. The van der Waals surface area contributed by atoms with Crippen LogP contribution >= 0.6 is 0 Å². The molecule has 0 atom stereocenters. The van der Waals surface area contributed by atoms with E-state index in [0.29, 0.717) is 22.9 Å². The minimum atomic E-state index is -0.267. The third kappa shape index (κ3) is 3.09. The van der Waals surface area contributed by atoms with Crippen LogP contribution in [0, 0.1) is 0 Å². The molecule has 1 amide bonds. The van der Waals surface area contributed by atoms with Crippen LogP contribution in [0.5, 0.6) is 11.5 Å². The van der Waals surface area contributed by atoms with Crippen molar-refractivity contribution in [1.82, 2.24) is 9.97 Å². The first kappa shape index (κ1) is 12.9. The number of aromatic nitrogens is 2. The molecule has 0 saturated heterocycles. The standard InChI is InChI=1S/C16H13N3O2/c20-16(14-10-17-11-18-14)19-13-8-4-5-9-15(13)21-12-6-2-1-3-7-12/h1-11H,(H,17,18)(H,19,20). The van der Waals surface area contributed by atoms with E-state index in [2.05, 4.69) is 15.3 Å². The van der Waals surface area contributed by atoms with Crippen molar-refractivity contribution < 1.29 is 9.53 Å². The van der Waals surface area contributed by atoms with Crippen molar-refractivity contribution in [2.24, 2.45) is 0 Å². The SMILES string of the molecule is O=C(Nc1ccccc1Oc1ccccc1)c1cnc[nH]1. The Morgan fingerprint density at radius 2 is 1.81 bits per heavy atom. The zero-order valence-corrected chi connectivity index (χ0v) is 11.1. The number of nitrogens with one attached hydrogen (secondary N) is 2. The smallest absolute Gasteiger partial charge is 0.273 e. The molecule has 0 spiro atoms. The summed E-state index contributed by atoms with van der Waals surface area (Å²) >= 11 is 0. The zero-order valence-electron chi connectivity index (χ0n) is 11.1.